The number of para-hydroxylation sites is 1. The van der Waals surface area contributed by atoms with Gasteiger partial charge in [0, 0.05) is 43.1 Å². The Morgan fingerprint density at radius 3 is 2.23 bits per heavy atom. The van der Waals surface area contributed by atoms with E-state index in [9.17, 15) is 41.9 Å². The molecule has 0 spiro atoms. The quantitative estimate of drug-likeness (QED) is 0.0500. The van der Waals surface area contributed by atoms with Gasteiger partial charge in [0.05, 0.1) is 23.5 Å². The third-order valence-corrected chi connectivity index (χ3v) is 12.8. The zero-order valence-corrected chi connectivity index (χ0v) is 40.6. The Kier molecular flexibility index (Phi) is 16.1. The van der Waals surface area contributed by atoms with E-state index in [0.29, 0.717) is 22.9 Å². The number of carbonyl (C=O) groups excluding carboxylic acids is 4. The zero-order valence-electron chi connectivity index (χ0n) is 34.9. The molecule has 5 aromatic rings. The standard InChI is InChI=1S/C43H44N5O10PS.2Na/c1-4-23-45-28-41(51)47-38(24-32-15-18-34(19-16-32)58-59(53,54)55)43(52)44(27-39(47)48(45)40(50)22-17-31-9-6-5-7-10-31)25-33-11-8-12-36-37(30(3)49)26-46(42(33)36)60(56,57)35-20-13-29(2)14-21-35;;/h4-16,18-21,26,38-39H,1,17,22-25,27-28H2,2-3H3,(H2,53,54,55);;/q;2*+1/p-2/t38-,39-;;/m0../s1. The van der Waals surface area contributed by atoms with Crippen molar-refractivity contribution in [3.8, 4) is 5.75 Å². The summed E-state index contributed by atoms with van der Waals surface area (Å²) in [6, 6.07) is 25.0. The molecule has 0 N–H and O–H groups in total. The first-order valence-corrected chi connectivity index (χ1v) is 22.0. The van der Waals surface area contributed by atoms with Crippen molar-refractivity contribution in [2.24, 2.45) is 0 Å². The first-order chi connectivity index (χ1) is 28.5. The number of piperazine rings is 1. The second-order valence-corrected chi connectivity index (χ2v) is 17.7. The molecule has 3 amide bonds. The molecule has 62 heavy (non-hydrogen) atoms. The number of phosphoric acid groups is 1. The van der Waals surface area contributed by atoms with Crippen molar-refractivity contribution in [1.29, 1.82) is 0 Å². The van der Waals surface area contributed by atoms with Crippen molar-refractivity contribution in [1.82, 2.24) is 23.8 Å². The number of hydrogen-bond acceptors (Lipinski definition) is 11. The predicted octanol–water partition coefficient (Wildman–Crippen LogP) is -2.41. The van der Waals surface area contributed by atoms with Crippen LogP contribution in [0.25, 0.3) is 10.9 Å². The second-order valence-electron chi connectivity index (χ2n) is 14.8. The number of amides is 3. The summed E-state index contributed by atoms with van der Waals surface area (Å²) in [5.74, 6) is -1.81. The van der Waals surface area contributed by atoms with Crippen LogP contribution in [0.5, 0.6) is 5.75 Å². The molecule has 2 aliphatic heterocycles. The van der Waals surface area contributed by atoms with Crippen LogP contribution < -0.4 is 73.4 Å². The molecule has 2 fully saturated rings. The molecule has 0 saturated carbocycles. The molecule has 2 saturated heterocycles. The molecule has 4 aromatic carbocycles. The third kappa shape index (κ3) is 10.5. The molecular formula is C43H42N5Na2O10PS. The number of aromatic nitrogens is 1. The molecule has 3 heterocycles. The summed E-state index contributed by atoms with van der Waals surface area (Å²) in [6.07, 6.45) is 2.28. The van der Waals surface area contributed by atoms with Crippen LogP contribution in [0.2, 0.25) is 0 Å². The fraction of sp³-hybridized carbons (Fsp3) is 0.256. The van der Waals surface area contributed by atoms with Crippen LogP contribution in [-0.2, 0) is 48.4 Å². The third-order valence-electron chi connectivity index (χ3n) is 10.7. The summed E-state index contributed by atoms with van der Waals surface area (Å²) >= 11 is 0. The van der Waals surface area contributed by atoms with Gasteiger partial charge < -0.3 is 28.7 Å². The maximum atomic E-state index is 14.8. The number of nitrogens with zero attached hydrogens (tertiary/aromatic N) is 5. The fourth-order valence-corrected chi connectivity index (χ4v) is 9.69. The molecule has 0 bridgehead atoms. The molecule has 15 nitrogen and oxygen atoms in total. The monoisotopic (exact) mass is 897 g/mol. The number of ketones is 1. The molecule has 2 aliphatic rings. The Morgan fingerprint density at radius 1 is 0.919 bits per heavy atom. The Balaban J connectivity index is 0.00000363. The van der Waals surface area contributed by atoms with E-state index >= 15 is 0 Å². The molecule has 19 heteroatoms. The summed E-state index contributed by atoms with van der Waals surface area (Å²) in [4.78, 5) is 81.7. The number of phosphoric ester groups is 1. The van der Waals surface area contributed by atoms with E-state index in [-0.39, 0.29) is 132 Å². The summed E-state index contributed by atoms with van der Waals surface area (Å²) in [6.45, 7) is 6.61. The molecular weight excluding hydrogens is 856 g/mol. The summed E-state index contributed by atoms with van der Waals surface area (Å²) < 4.78 is 45.3. The van der Waals surface area contributed by atoms with Crippen molar-refractivity contribution in [2.75, 3.05) is 19.6 Å². The number of rotatable bonds is 14. The molecule has 0 radical (unpaired) electrons. The van der Waals surface area contributed by atoms with Crippen molar-refractivity contribution < 1.29 is 106 Å². The van der Waals surface area contributed by atoms with Gasteiger partial charge in [0.15, 0.2) is 5.78 Å². The van der Waals surface area contributed by atoms with Crippen molar-refractivity contribution in [3.63, 3.8) is 0 Å². The number of fused-ring (bicyclic) bond motifs is 2. The van der Waals surface area contributed by atoms with Crippen LogP contribution in [-0.4, -0.2) is 87.6 Å². The van der Waals surface area contributed by atoms with Crippen LogP contribution in [0.4, 0.5) is 0 Å². The molecule has 0 unspecified atom stereocenters. The van der Waals surface area contributed by atoms with Gasteiger partial charge in [0.2, 0.25) is 17.7 Å². The van der Waals surface area contributed by atoms with E-state index in [0.717, 1.165) is 15.1 Å². The van der Waals surface area contributed by atoms with E-state index in [2.05, 4.69) is 11.1 Å². The Bertz CT molecular complexity index is 2640. The van der Waals surface area contributed by atoms with Gasteiger partial charge in [-0.3, -0.25) is 19.2 Å². The molecule has 2 atom stereocenters. The molecule has 7 rings (SSSR count). The fourth-order valence-electron chi connectivity index (χ4n) is 7.90. The predicted molar refractivity (Wildman–Crippen MR) is 217 cm³/mol. The second kappa shape index (κ2) is 20.3. The Morgan fingerprint density at radius 2 is 1.60 bits per heavy atom. The van der Waals surface area contributed by atoms with Crippen molar-refractivity contribution in [3.05, 3.63) is 144 Å². The number of hydrazine groups is 1. The minimum atomic E-state index is -5.35. The van der Waals surface area contributed by atoms with Gasteiger partial charge in [-0.15, -0.1) is 6.58 Å². The largest absolute Gasteiger partial charge is 1.00 e. The smallest absolute Gasteiger partial charge is 0.780 e. The number of Topliss-reactive ketones (excluding diaryl/α,β-unsaturated/α-hetero) is 1. The topological polar surface area (TPSA) is 193 Å². The van der Waals surface area contributed by atoms with Crippen LogP contribution >= 0.6 is 7.82 Å². The molecule has 0 aliphatic carbocycles. The normalized spacial score (nSPS) is 16.9. The minimum Gasteiger partial charge on any atom is -0.780 e. The minimum absolute atomic E-state index is 0. The van der Waals surface area contributed by atoms with Crippen LogP contribution in [0.15, 0.2) is 121 Å². The van der Waals surface area contributed by atoms with Gasteiger partial charge in [0.1, 0.15) is 25.8 Å². The molecule has 312 valence electrons. The van der Waals surface area contributed by atoms with Gasteiger partial charge >= 0.3 is 59.1 Å². The van der Waals surface area contributed by atoms with Gasteiger partial charge in [0.25, 0.3) is 10.0 Å². The van der Waals surface area contributed by atoms with Crippen LogP contribution in [0, 0.1) is 6.92 Å². The van der Waals surface area contributed by atoms with Gasteiger partial charge in [-0.2, -0.15) is 0 Å². The SMILES string of the molecule is C=CCN1CC(=O)N2[C@@H](Cc3ccc(OP(=O)([O-])[O-])cc3)C(=O)N(Cc3cccc4c(C(C)=O)cn(S(=O)(=O)c5ccc(C)cc5)c34)C[C@@H]2N1C(=O)CCc1ccccc1.[Na+].[Na+]. The maximum Gasteiger partial charge on any atom is 1.00 e. The zero-order chi connectivity index (χ0) is 42.9. The first kappa shape index (κ1) is 49.1. The van der Waals surface area contributed by atoms with Gasteiger partial charge in [-0.05, 0) is 61.2 Å². The van der Waals surface area contributed by atoms with E-state index in [1.165, 1.54) is 64.3 Å². The number of hydrogen-bond donors (Lipinski definition) is 0. The van der Waals surface area contributed by atoms with E-state index in [4.69, 9.17) is 0 Å². The Hall–Kier alpha value is -3.90. The Labute approximate surface area is 404 Å². The van der Waals surface area contributed by atoms with E-state index in [1.54, 1.807) is 41.4 Å². The first-order valence-electron chi connectivity index (χ1n) is 19.1. The summed E-state index contributed by atoms with van der Waals surface area (Å²) in [5, 5.41) is 3.47. The number of carbonyl (C=O) groups is 4. The van der Waals surface area contributed by atoms with E-state index < -0.39 is 41.9 Å². The average Bonchev–Trinajstić information content (AvgIpc) is 3.62. The molecule has 1 aromatic heterocycles. The van der Waals surface area contributed by atoms with Crippen LogP contribution in [0.1, 0.15) is 46.0 Å². The van der Waals surface area contributed by atoms with Crippen LogP contribution in [0.3, 0.4) is 0 Å². The number of aryl methyl sites for hydroxylation is 2. The summed E-state index contributed by atoms with van der Waals surface area (Å²) in [7, 11) is -9.60. The van der Waals surface area contributed by atoms with Crippen molar-refractivity contribution >= 4 is 52.3 Å². The average molecular weight is 898 g/mol. The summed E-state index contributed by atoms with van der Waals surface area (Å²) in [5.41, 5.74) is 3.03. The van der Waals surface area contributed by atoms with Crippen molar-refractivity contribution in [2.45, 2.75) is 56.8 Å². The van der Waals surface area contributed by atoms with Gasteiger partial charge in [-0.25, -0.2) is 22.4 Å². The van der Waals surface area contributed by atoms with Gasteiger partial charge in [-0.1, -0.05) is 84.4 Å². The maximum absolute atomic E-state index is 14.8. The van der Waals surface area contributed by atoms with E-state index in [1.807, 2.05) is 37.3 Å². The number of benzene rings is 4.